The molecule has 1 unspecified atom stereocenters. The van der Waals surface area contributed by atoms with E-state index in [1.165, 1.54) is 0 Å². The number of carboxylic acid groups (broad SMARTS) is 1. The van der Waals surface area contributed by atoms with Crippen LogP contribution in [0.25, 0.3) is 0 Å². The van der Waals surface area contributed by atoms with Gasteiger partial charge in [-0.1, -0.05) is 13.8 Å². The quantitative estimate of drug-likeness (QED) is 0.803. The Bertz CT molecular complexity index is 534. The third-order valence-electron chi connectivity index (χ3n) is 3.80. The number of hydrogen-bond donors (Lipinski definition) is 2. The molecule has 2 atom stereocenters. The molecular formula is C17H23NO5. The lowest BCUT2D eigenvalue weighted by atomic mass is 10.0. The van der Waals surface area contributed by atoms with E-state index in [-0.39, 0.29) is 12.0 Å². The topological polar surface area (TPSA) is 84.9 Å². The lowest BCUT2D eigenvalue weighted by Crippen LogP contribution is -2.44. The second-order valence-electron chi connectivity index (χ2n) is 6.00. The Morgan fingerprint density at radius 2 is 2.04 bits per heavy atom. The number of aliphatic carboxylic acids is 1. The Hall–Kier alpha value is -2.08. The van der Waals surface area contributed by atoms with Crippen LogP contribution in [-0.4, -0.2) is 42.3 Å². The molecule has 1 fully saturated rings. The molecule has 1 amide bonds. The average molecular weight is 321 g/mol. The normalized spacial score (nSPS) is 18.7. The van der Waals surface area contributed by atoms with Crippen molar-refractivity contribution in [3.8, 4) is 5.75 Å². The van der Waals surface area contributed by atoms with Crippen molar-refractivity contribution in [2.75, 3.05) is 13.2 Å². The summed E-state index contributed by atoms with van der Waals surface area (Å²) in [6.45, 7) is 4.79. The fourth-order valence-corrected chi connectivity index (χ4v) is 2.41. The minimum absolute atomic E-state index is 0.139. The van der Waals surface area contributed by atoms with Gasteiger partial charge in [0.2, 0.25) is 0 Å². The van der Waals surface area contributed by atoms with Gasteiger partial charge in [0.1, 0.15) is 18.4 Å². The highest BCUT2D eigenvalue weighted by Gasteiger charge is 2.24. The van der Waals surface area contributed by atoms with E-state index in [4.69, 9.17) is 14.6 Å². The average Bonchev–Trinajstić information content (AvgIpc) is 3.03. The molecular weight excluding hydrogens is 298 g/mol. The van der Waals surface area contributed by atoms with Crippen molar-refractivity contribution in [1.29, 1.82) is 0 Å². The molecule has 1 aromatic carbocycles. The maximum absolute atomic E-state index is 12.1. The van der Waals surface area contributed by atoms with Gasteiger partial charge in [-0.25, -0.2) is 4.79 Å². The van der Waals surface area contributed by atoms with Gasteiger partial charge in [0, 0.05) is 12.2 Å². The van der Waals surface area contributed by atoms with Gasteiger partial charge < -0.3 is 19.9 Å². The molecule has 23 heavy (non-hydrogen) atoms. The molecule has 1 saturated heterocycles. The van der Waals surface area contributed by atoms with E-state index in [9.17, 15) is 9.59 Å². The first-order chi connectivity index (χ1) is 11.0. The summed E-state index contributed by atoms with van der Waals surface area (Å²) < 4.78 is 11.1. The van der Waals surface area contributed by atoms with Gasteiger partial charge in [-0.3, -0.25) is 4.79 Å². The Morgan fingerprint density at radius 3 is 2.57 bits per heavy atom. The summed E-state index contributed by atoms with van der Waals surface area (Å²) in [5.41, 5.74) is 0.404. The van der Waals surface area contributed by atoms with Crippen molar-refractivity contribution < 1.29 is 24.2 Å². The number of carbonyl (C=O) groups excluding carboxylic acids is 1. The summed E-state index contributed by atoms with van der Waals surface area (Å²) in [6.07, 6.45) is 2.21. The Labute approximate surface area is 135 Å². The Morgan fingerprint density at radius 1 is 1.35 bits per heavy atom. The number of hydrogen-bond acceptors (Lipinski definition) is 4. The van der Waals surface area contributed by atoms with E-state index in [0.717, 1.165) is 19.4 Å². The van der Waals surface area contributed by atoms with Crippen LogP contribution in [0.2, 0.25) is 0 Å². The molecule has 1 heterocycles. The molecule has 0 spiro atoms. The highest BCUT2D eigenvalue weighted by Crippen LogP contribution is 2.17. The highest BCUT2D eigenvalue weighted by molar-refractivity contribution is 5.96. The van der Waals surface area contributed by atoms with E-state index in [1.54, 1.807) is 38.1 Å². The fraction of sp³-hybridized carbons (Fsp3) is 0.529. The maximum Gasteiger partial charge on any atom is 0.326 e. The molecule has 1 aromatic rings. The van der Waals surface area contributed by atoms with Crippen molar-refractivity contribution in [2.24, 2.45) is 5.92 Å². The van der Waals surface area contributed by atoms with Crippen LogP contribution in [0, 0.1) is 5.92 Å². The van der Waals surface area contributed by atoms with Crippen molar-refractivity contribution in [3.63, 3.8) is 0 Å². The molecule has 6 heteroatoms. The summed E-state index contributed by atoms with van der Waals surface area (Å²) in [4.78, 5) is 23.2. The van der Waals surface area contributed by atoms with Crippen molar-refractivity contribution in [1.82, 2.24) is 5.32 Å². The van der Waals surface area contributed by atoms with Gasteiger partial charge in [-0.05, 0) is 43.0 Å². The fourth-order valence-electron chi connectivity index (χ4n) is 2.41. The third-order valence-corrected chi connectivity index (χ3v) is 3.80. The first-order valence-electron chi connectivity index (χ1n) is 7.85. The molecule has 126 valence electrons. The minimum atomic E-state index is -1.04. The minimum Gasteiger partial charge on any atom is -0.491 e. The number of carboxylic acids is 1. The third kappa shape index (κ3) is 4.96. The van der Waals surface area contributed by atoms with Crippen LogP contribution in [0.15, 0.2) is 24.3 Å². The van der Waals surface area contributed by atoms with Crippen molar-refractivity contribution in [2.45, 2.75) is 38.8 Å². The molecule has 1 aliphatic rings. The van der Waals surface area contributed by atoms with Crippen LogP contribution in [0.1, 0.15) is 37.0 Å². The predicted molar refractivity (Wildman–Crippen MR) is 84.6 cm³/mol. The van der Waals surface area contributed by atoms with E-state index in [2.05, 4.69) is 5.32 Å². The largest absolute Gasteiger partial charge is 0.491 e. The van der Waals surface area contributed by atoms with Crippen molar-refractivity contribution in [3.05, 3.63) is 29.8 Å². The molecule has 0 aliphatic carbocycles. The molecule has 6 nitrogen and oxygen atoms in total. The van der Waals surface area contributed by atoms with Crippen molar-refractivity contribution >= 4 is 11.9 Å². The van der Waals surface area contributed by atoms with Crippen LogP contribution in [0.5, 0.6) is 5.75 Å². The molecule has 0 saturated carbocycles. The van der Waals surface area contributed by atoms with Gasteiger partial charge in [0.15, 0.2) is 0 Å². The first-order valence-corrected chi connectivity index (χ1v) is 7.85. The monoisotopic (exact) mass is 321 g/mol. The molecule has 1 aliphatic heterocycles. The molecule has 0 radical (unpaired) electrons. The summed E-state index contributed by atoms with van der Waals surface area (Å²) in [6, 6.07) is 5.75. The predicted octanol–water partition coefficient (Wildman–Crippen LogP) is 2.08. The number of ether oxygens (including phenoxy) is 2. The standard InChI is InChI=1S/C17H23NO5/c1-11(2)15(17(20)21)18-16(19)12-5-7-13(8-6-12)23-10-14-4-3-9-22-14/h5-8,11,14-15H,3-4,9-10H2,1-2H3,(H,18,19)(H,20,21)/t14?,15-/m1/s1. The van der Waals surface area contributed by atoms with Crippen LogP contribution < -0.4 is 10.1 Å². The smallest absolute Gasteiger partial charge is 0.326 e. The van der Waals surface area contributed by atoms with Crippen LogP contribution >= 0.6 is 0 Å². The zero-order chi connectivity index (χ0) is 16.8. The first kappa shape index (κ1) is 17.3. The number of amides is 1. The maximum atomic E-state index is 12.1. The molecule has 0 bridgehead atoms. The zero-order valence-electron chi connectivity index (χ0n) is 13.5. The van der Waals surface area contributed by atoms with Gasteiger partial charge in [-0.2, -0.15) is 0 Å². The Balaban J connectivity index is 1.90. The molecule has 2 N–H and O–H groups in total. The number of rotatable bonds is 7. The van der Waals surface area contributed by atoms with Gasteiger partial charge >= 0.3 is 5.97 Å². The van der Waals surface area contributed by atoms with Crippen LogP contribution in [0.3, 0.4) is 0 Å². The van der Waals surface area contributed by atoms with Gasteiger partial charge in [0.25, 0.3) is 5.91 Å². The zero-order valence-corrected chi connectivity index (χ0v) is 13.5. The van der Waals surface area contributed by atoms with E-state index >= 15 is 0 Å². The van der Waals surface area contributed by atoms with Gasteiger partial charge in [0.05, 0.1) is 6.10 Å². The summed E-state index contributed by atoms with van der Waals surface area (Å²) in [5, 5.41) is 11.6. The molecule has 0 aromatic heterocycles. The summed E-state index contributed by atoms with van der Waals surface area (Å²) >= 11 is 0. The SMILES string of the molecule is CC(C)[C@@H](NC(=O)c1ccc(OCC2CCCO2)cc1)C(=O)O. The number of nitrogens with one attached hydrogen (secondary N) is 1. The Kier molecular flexibility index (Phi) is 5.98. The van der Waals surface area contributed by atoms with E-state index in [1.807, 2.05) is 0 Å². The van der Waals surface area contributed by atoms with Crippen LogP contribution in [0.4, 0.5) is 0 Å². The lowest BCUT2D eigenvalue weighted by molar-refractivity contribution is -0.140. The second-order valence-corrected chi connectivity index (χ2v) is 6.00. The summed E-state index contributed by atoms with van der Waals surface area (Å²) in [7, 11) is 0. The summed E-state index contributed by atoms with van der Waals surface area (Å²) in [5.74, 6) is -0.970. The lowest BCUT2D eigenvalue weighted by Gasteiger charge is -2.18. The van der Waals surface area contributed by atoms with E-state index < -0.39 is 17.9 Å². The van der Waals surface area contributed by atoms with Gasteiger partial charge in [-0.15, -0.1) is 0 Å². The van der Waals surface area contributed by atoms with E-state index in [0.29, 0.717) is 17.9 Å². The number of benzene rings is 1. The second kappa shape index (κ2) is 7.97. The number of carbonyl (C=O) groups is 2. The highest BCUT2D eigenvalue weighted by atomic mass is 16.5. The van der Waals surface area contributed by atoms with Crippen LogP contribution in [-0.2, 0) is 9.53 Å². The molecule has 2 rings (SSSR count).